The predicted molar refractivity (Wildman–Crippen MR) is 63.7 cm³/mol. The van der Waals surface area contributed by atoms with Crippen LogP contribution in [-0.2, 0) is 6.61 Å². The zero-order valence-electron chi connectivity index (χ0n) is 10.0. The molecule has 0 atom stereocenters. The molecule has 0 radical (unpaired) electrons. The van der Waals surface area contributed by atoms with Crippen LogP contribution in [0.4, 0.5) is 0 Å². The Labute approximate surface area is 101 Å². The van der Waals surface area contributed by atoms with Crippen LogP contribution in [0.3, 0.4) is 0 Å². The van der Waals surface area contributed by atoms with Gasteiger partial charge in [0.05, 0.1) is 24.7 Å². The Morgan fingerprint density at radius 1 is 1.18 bits per heavy atom. The molecule has 0 amide bonds. The van der Waals surface area contributed by atoms with Gasteiger partial charge in [-0.05, 0) is 25.9 Å². The zero-order valence-corrected chi connectivity index (χ0v) is 10.0. The van der Waals surface area contributed by atoms with Gasteiger partial charge in [0.25, 0.3) is 0 Å². The first-order valence-electron chi connectivity index (χ1n) is 6.15. The third-order valence-corrected chi connectivity index (χ3v) is 2.95. The summed E-state index contributed by atoms with van der Waals surface area (Å²) >= 11 is 0. The predicted octanol–water partition coefficient (Wildman–Crippen LogP) is 0.834. The van der Waals surface area contributed by atoms with E-state index in [1.54, 1.807) is 6.20 Å². The maximum atomic E-state index is 8.82. The minimum atomic E-state index is -0.0823. The van der Waals surface area contributed by atoms with Gasteiger partial charge in [-0.15, -0.1) is 0 Å². The molecule has 5 nitrogen and oxygen atoms in total. The van der Waals surface area contributed by atoms with Crippen LogP contribution in [0.2, 0.25) is 0 Å². The number of piperidine rings is 1. The summed E-state index contributed by atoms with van der Waals surface area (Å²) < 4.78 is 5.51. The fourth-order valence-corrected chi connectivity index (χ4v) is 1.96. The van der Waals surface area contributed by atoms with E-state index in [-0.39, 0.29) is 6.61 Å². The lowest BCUT2D eigenvalue weighted by Gasteiger charge is -2.25. The maximum absolute atomic E-state index is 8.82. The highest BCUT2D eigenvalue weighted by atomic mass is 16.5. The Kier molecular flexibility index (Phi) is 4.70. The van der Waals surface area contributed by atoms with E-state index in [2.05, 4.69) is 14.9 Å². The summed E-state index contributed by atoms with van der Waals surface area (Å²) in [6.45, 7) is 3.87. The highest BCUT2D eigenvalue weighted by molar-refractivity contribution is 5.06. The first kappa shape index (κ1) is 12.3. The van der Waals surface area contributed by atoms with Crippen LogP contribution in [-0.4, -0.2) is 46.2 Å². The van der Waals surface area contributed by atoms with E-state index in [1.807, 2.05) is 0 Å². The fraction of sp³-hybridized carbons (Fsp3) is 0.667. The average molecular weight is 237 g/mol. The molecule has 0 aliphatic carbocycles. The Morgan fingerprint density at radius 3 is 2.65 bits per heavy atom. The van der Waals surface area contributed by atoms with Crippen molar-refractivity contribution in [1.82, 2.24) is 14.9 Å². The molecular formula is C12H19N3O2. The summed E-state index contributed by atoms with van der Waals surface area (Å²) in [5.41, 5.74) is 0.563. The number of rotatable bonds is 5. The standard InChI is InChI=1S/C12H19N3O2/c16-10-11-8-14-12(9-13-11)17-7-6-15-4-2-1-3-5-15/h8-9,16H,1-7,10H2. The Balaban J connectivity index is 1.69. The number of hydrogen-bond donors (Lipinski definition) is 1. The molecule has 1 aliphatic heterocycles. The lowest BCUT2D eigenvalue weighted by Crippen LogP contribution is -2.33. The SMILES string of the molecule is OCc1cnc(OCCN2CCCCC2)cn1. The molecule has 0 spiro atoms. The van der Waals surface area contributed by atoms with E-state index in [0.717, 1.165) is 6.54 Å². The summed E-state index contributed by atoms with van der Waals surface area (Å²) in [7, 11) is 0. The van der Waals surface area contributed by atoms with Crippen molar-refractivity contribution >= 4 is 0 Å². The van der Waals surface area contributed by atoms with Crippen molar-refractivity contribution in [2.45, 2.75) is 25.9 Å². The van der Waals surface area contributed by atoms with Crippen LogP contribution in [0.5, 0.6) is 5.88 Å². The Hall–Kier alpha value is -1.20. The number of likely N-dealkylation sites (tertiary alicyclic amines) is 1. The van der Waals surface area contributed by atoms with Crippen molar-refractivity contribution in [3.63, 3.8) is 0 Å². The second-order valence-electron chi connectivity index (χ2n) is 4.25. The topological polar surface area (TPSA) is 58.5 Å². The van der Waals surface area contributed by atoms with Crippen molar-refractivity contribution in [2.75, 3.05) is 26.2 Å². The number of nitrogens with zero attached hydrogens (tertiary/aromatic N) is 3. The number of aliphatic hydroxyl groups excluding tert-OH is 1. The van der Waals surface area contributed by atoms with Gasteiger partial charge < -0.3 is 9.84 Å². The van der Waals surface area contributed by atoms with Crippen LogP contribution in [0, 0.1) is 0 Å². The molecule has 1 N–H and O–H groups in total. The first-order valence-corrected chi connectivity index (χ1v) is 6.15. The van der Waals surface area contributed by atoms with Gasteiger partial charge in [-0.3, -0.25) is 9.88 Å². The van der Waals surface area contributed by atoms with Crippen LogP contribution >= 0.6 is 0 Å². The van der Waals surface area contributed by atoms with Crippen molar-refractivity contribution < 1.29 is 9.84 Å². The molecule has 1 aromatic heterocycles. The molecule has 1 fully saturated rings. The normalized spacial score (nSPS) is 17.0. The maximum Gasteiger partial charge on any atom is 0.232 e. The molecular weight excluding hydrogens is 218 g/mol. The summed E-state index contributed by atoms with van der Waals surface area (Å²) in [6, 6.07) is 0. The summed E-state index contributed by atoms with van der Waals surface area (Å²) in [5, 5.41) is 8.82. The molecule has 2 rings (SSSR count). The van der Waals surface area contributed by atoms with Crippen molar-refractivity contribution in [1.29, 1.82) is 0 Å². The molecule has 1 saturated heterocycles. The Bertz CT molecular complexity index is 323. The smallest absolute Gasteiger partial charge is 0.232 e. The molecule has 17 heavy (non-hydrogen) atoms. The lowest BCUT2D eigenvalue weighted by atomic mass is 10.1. The monoisotopic (exact) mass is 237 g/mol. The molecule has 2 heterocycles. The molecule has 1 aliphatic rings. The van der Waals surface area contributed by atoms with Gasteiger partial charge in [-0.1, -0.05) is 6.42 Å². The van der Waals surface area contributed by atoms with E-state index in [0.29, 0.717) is 18.2 Å². The van der Waals surface area contributed by atoms with Crippen LogP contribution in [0.25, 0.3) is 0 Å². The van der Waals surface area contributed by atoms with Gasteiger partial charge in [0.15, 0.2) is 0 Å². The summed E-state index contributed by atoms with van der Waals surface area (Å²) in [6.07, 6.45) is 7.04. The average Bonchev–Trinajstić information content (AvgIpc) is 2.41. The van der Waals surface area contributed by atoms with E-state index in [9.17, 15) is 0 Å². The first-order chi connectivity index (χ1) is 8.38. The third-order valence-electron chi connectivity index (χ3n) is 2.95. The number of aromatic nitrogens is 2. The van der Waals surface area contributed by atoms with Gasteiger partial charge in [-0.2, -0.15) is 0 Å². The minimum Gasteiger partial charge on any atom is -0.475 e. The van der Waals surface area contributed by atoms with E-state index >= 15 is 0 Å². The van der Waals surface area contributed by atoms with Gasteiger partial charge in [0.1, 0.15) is 6.61 Å². The molecule has 94 valence electrons. The largest absolute Gasteiger partial charge is 0.475 e. The fourth-order valence-electron chi connectivity index (χ4n) is 1.96. The van der Waals surface area contributed by atoms with E-state index in [4.69, 9.17) is 9.84 Å². The van der Waals surface area contributed by atoms with Crippen LogP contribution in [0.1, 0.15) is 25.0 Å². The molecule has 5 heteroatoms. The summed E-state index contributed by atoms with van der Waals surface area (Å²) in [4.78, 5) is 10.5. The number of hydrogen-bond acceptors (Lipinski definition) is 5. The molecule has 0 unspecified atom stereocenters. The minimum absolute atomic E-state index is 0.0823. The van der Waals surface area contributed by atoms with Crippen molar-refractivity contribution in [3.8, 4) is 5.88 Å². The molecule has 0 aromatic carbocycles. The highest BCUT2D eigenvalue weighted by Gasteiger charge is 2.09. The van der Waals surface area contributed by atoms with Crippen LogP contribution in [0.15, 0.2) is 12.4 Å². The molecule has 0 bridgehead atoms. The van der Waals surface area contributed by atoms with E-state index in [1.165, 1.54) is 38.5 Å². The van der Waals surface area contributed by atoms with E-state index < -0.39 is 0 Å². The molecule has 0 saturated carbocycles. The summed E-state index contributed by atoms with van der Waals surface area (Å²) in [5.74, 6) is 0.527. The molecule has 1 aromatic rings. The lowest BCUT2D eigenvalue weighted by molar-refractivity contribution is 0.180. The van der Waals surface area contributed by atoms with Gasteiger partial charge in [-0.25, -0.2) is 4.98 Å². The zero-order chi connectivity index (χ0) is 11.9. The van der Waals surface area contributed by atoms with Crippen LogP contribution < -0.4 is 4.74 Å². The Morgan fingerprint density at radius 2 is 2.00 bits per heavy atom. The number of aliphatic hydroxyl groups is 1. The second-order valence-corrected chi connectivity index (χ2v) is 4.25. The third kappa shape index (κ3) is 3.94. The second kappa shape index (κ2) is 6.51. The quantitative estimate of drug-likeness (QED) is 0.822. The highest BCUT2D eigenvalue weighted by Crippen LogP contribution is 2.08. The van der Waals surface area contributed by atoms with Gasteiger partial charge in [0, 0.05) is 6.54 Å². The van der Waals surface area contributed by atoms with Gasteiger partial charge >= 0.3 is 0 Å². The number of ether oxygens (including phenoxy) is 1. The van der Waals surface area contributed by atoms with Crippen molar-refractivity contribution in [2.24, 2.45) is 0 Å². The van der Waals surface area contributed by atoms with Crippen molar-refractivity contribution in [3.05, 3.63) is 18.1 Å². The van der Waals surface area contributed by atoms with Gasteiger partial charge in [0.2, 0.25) is 5.88 Å².